The largest absolute Gasteiger partial charge is 0.360 e. The van der Waals surface area contributed by atoms with Crippen LogP contribution in [0, 0.1) is 6.92 Å². The first-order valence-electron chi connectivity index (χ1n) is 7.30. The van der Waals surface area contributed by atoms with E-state index in [2.05, 4.69) is 17.1 Å². The van der Waals surface area contributed by atoms with Crippen LogP contribution in [0.5, 0.6) is 0 Å². The maximum absolute atomic E-state index is 12.3. The van der Waals surface area contributed by atoms with Gasteiger partial charge in [0.1, 0.15) is 5.76 Å². The van der Waals surface area contributed by atoms with Crippen molar-refractivity contribution in [3.8, 4) is 0 Å². The molecule has 0 radical (unpaired) electrons. The van der Waals surface area contributed by atoms with Crippen LogP contribution in [0.4, 0.5) is 5.82 Å². The van der Waals surface area contributed by atoms with Crippen molar-refractivity contribution in [1.82, 2.24) is 10.1 Å². The highest BCUT2D eigenvalue weighted by Gasteiger charge is 2.14. The number of rotatable bonds is 9. The zero-order valence-electron chi connectivity index (χ0n) is 13.4. The van der Waals surface area contributed by atoms with Crippen molar-refractivity contribution >= 4 is 40.7 Å². The van der Waals surface area contributed by atoms with E-state index in [1.54, 1.807) is 35.3 Å². The summed E-state index contributed by atoms with van der Waals surface area (Å²) in [6, 6.07) is 5.59. The summed E-state index contributed by atoms with van der Waals surface area (Å²) in [4.78, 5) is 27.0. The molecule has 2 aromatic heterocycles. The van der Waals surface area contributed by atoms with Gasteiger partial charge >= 0.3 is 0 Å². The molecule has 0 saturated carbocycles. The van der Waals surface area contributed by atoms with Crippen LogP contribution in [-0.2, 0) is 16.1 Å². The predicted octanol–water partition coefficient (Wildman–Crippen LogP) is 2.93. The van der Waals surface area contributed by atoms with E-state index < -0.39 is 0 Å². The number of hydrogen-bond acceptors (Lipinski definition) is 6. The van der Waals surface area contributed by atoms with E-state index in [1.807, 2.05) is 17.5 Å². The highest BCUT2D eigenvalue weighted by atomic mass is 32.2. The van der Waals surface area contributed by atoms with Gasteiger partial charge in [0.15, 0.2) is 5.82 Å². The number of nitrogens with one attached hydrogen (secondary N) is 1. The SMILES string of the molecule is C=CCN(Cc1cccs1)C(=O)CSCC(=O)Nc1cc(C)on1. The number of aryl methyl sites for hydroxylation is 1. The van der Waals surface area contributed by atoms with Crippen LogP contribution < -0.4 is 5.32 Å². The van der Waals surface area contributed by atoms with E-state index in [9.17, 15) is 9.59 Å². The summed E-state index contributed by atoms with van der Waals surface area (Å²) in [5.74, 6) is 1.20. The summed E-state index contributed by atoms with van der Waals surface area (Å²) >= 11 is 2.88. The molecule has 0 fully saturated rings. The Bertz CT molecular complexity index is 683. The van der Waals surface area contributed by atoms with Gasteiger partial charge in [-0.15, -0.1) is 29.7 Å². The molecule has 2 aromatic rings. The van der Waals surface area contributed by atoms with Crippen LogP contribution in [-0.4, -0.2) is 39.9 Å². The second-order valence-electron chi connectivity index (χ2n) is 5.01. The smallest absolute Gasteiger partial charge is 0.235 e. The van der Waals surface area contributed by atoms with Crippen molar-refractivity contribution in [2.24, 2.45) is 0 Å². The van der Waals surface area contributed by atoms with Gasteiger partial charge in [0.25, 0.3) is 0 Å². The topological polar surface area (TPSA) is 75.4 Å². The molecular weight excluding hydrogens is 346 g/mol. The Hall–Kier alpha value is -2.06. The number of carbonyl (C=O) groups is 2. The molecule has 1 N–H and O–H groups in total. The molecule has 2 rings (SSSR count). The number of anilines is 1. The second-order valence-corrected chi connectivity index (χ2v) is 7.02. The van der Waals surface area contributed by atoms with Crippen LogP contribution in [0.25, 0.3) is 0 Å². The minimum atomic E-state index is -0.213. The van der Waals surface area contributed by atoms with Crippen molar-refractivity contribution in [3.63, 3.8) is 0 Å². The highest BCUT2D eigenvalue weighted by molar-refractivity contribution is 8.00. The van der Waals surface area contributed by atoms with Crippen LogP contribution in [0.15, 0.2) is 40.8 Å². The third-order valence-corrected chi connectivity index (χ3v) is 4.76. The minimum absolute atomic E-state index is 0.0154. The van der Waals surface area contributed by atoms with Crippen LogP contribution >= 0.6 is 23.1 Å². The van der Waals surface area contributed by atoms with Crippen molar-refractivity contribution in [3.05, 3.63) is 46.9 Å². The lowest BCUT2D eigenvalue weighted by atomic mass is 10.4. The molecule has 0 aliphatic heterocycles. The molecule has 2 amide bonds. The Morgan fingerprint density at radius 3 is 2.96 bits per heavy atom. The average molecular weight is 365 g/mol. The molecule has 0 unspecified atom stereocenters. The Balaban J connectivity index is 1.75. The number of carbonyl (C=O) groups excluding carboxylic acids is 2. The molecule has 6 nitrogen and oxygen atoms in total. The summed E-state index contributed by atoms with van der Waals surface area (Å²) in [6.07, 6.45) is 1.70. The Morgan fingerprint density at radius 2 is 2.33 bits per heavy atom. The average Bonchev–Trinajstić information content (AvgIpc) is 3.18. The molecule has 0 aromatic carbocycles. The zero-order chi connectivity index (χ0) is 17.4. The fourth-order valence-electron chi connectivity index (χ4n) is 1.93. The Kier molecular flexibility index (Phi) is 7.07. The molecule has 0 spiro atoms. The van der Waals surface area contributed by atoms with Gasteiger partial charge < -0.3 is 14.7 Å². The Labute approximate surface area is 148 Å². The molecule has 0 aliphatic rings. The molecule has 0 bridgehead atoms. The molecule has 0 atom stereocenters. The fourth-order valence-corrected chi connectivity index (χ4v) is 3.36. The van der Waals surface area contributed by atoms with E-state index in [1.165, 1.54) is 11.8 Å². The summed E-state index contributed by atoms with van der Waals surface area (Å²) in [5, 5.41) is 8.30. The number of thiophene rings is 1. The van der Waals surface area contributed by atoms with Gasteiger partial charge in [-0.2, -0.15) is 0 Å². The van der Waals surface area contributed by atoms with Crippen LogP contribution in [0.1, 0.15) is 10.6 Å². The van der Waals surface area contributed by atoms with Crippen molar-refractivity contribution < 1.29 is 14.1 Å². The molecule has 2 heterocycles. The number of amides is 2. The first-order valence-corrected chi connectivity index (χ1v) is 9.34. The molecule has 128 valence electrons. The first-order chi connectivity index (χ1) is 11.6. The summed E-state index contributed by atoms with van der Waals surface area (Å²) in [7, 11) is 0. The molecular formula is C16H19N3O3S2. The van der Waals surface area contributed by atoms with Crippen molar-refractivity contribution in [2.75, 3.05) is 23.4 Å². The second kappa shape index (κ2) is 9.29. The predicted molar refractivity (Wildman–Crippen MR) is 97.1 cm³/mol. The number of hydrogen-bond donors (Lipinski definition) is 1. The zero-order valence-corrected chi connectivity index (χ0v) is 15.0. The normalized spacial score (nSPS) is 10.4. The number of aromatic nitrogens is 1. The Morgan fingerprint density at radius 1 is 1.50 bits per heavy atom. The quantitative estimate of drug-likeness (QED) is 0.692. The molecule has 8 heteroatoms. The number of thioether (sulfide) groups is 1. The van der Waals surface area contributed by atoms with Gasteiger partial charge in [0.2, 0.25) is 11.8 Å². The summed E-state index contributed by atoms with van der Waals surface area (Å²) < 4.78 is 4.88. The maximum Gasteiger partial charge on any atom is 0.235 e. The maximum atomic E-state index is 12.3. The van der Waals surface area contributed by atoms with E-state index in [-0.39, 0.29) is 23.3 Å². The molecule has 0 aliphatic carbocycles. The lowest BCUT2D eigenvalue weighted by Gasteiger charge is -2.20. The summed E-state index contributed by atoms with van der Waals surface area (Å²) in [5.41, 5.74) is 0. The van der Waals surface area contributed by atoms with Gasteiger partial charge in [-0.25, -0.2) is 0 Å². The third kappa shape index (κ3) is 5.86. The van der Waals surface area contributed by atoms with Gasteiger partial charge in [0.05, 0.1) is 18.1 Å². The minimum Gasteiger partial charge on any atom is -0.360 e. The van der Waals surface area contributed by atoms with Crippen LogP contribution in [0.3, 0.4) is 0 Å². The van der Waals surface area contributed by atoms with E-state index in [0.29, 0.717) is 24.7 Å². The molecule has 24 heavy (non-hydrogen) atoms. The van der Waals surface area contributed by atoms with Gasteiger partial charge in [0, 0.05) is 17.5 Å². The standard InChI is InChI=1S/C16H19N3O3S2/c1-3-6-19(9-13-5-4-7-24-13)16(21)11-23-10-15(20)17-14-8-12(2)22-18-14/h3-5,7-8H,1,6,9-11H2,2H3,(H,17,18,20). The van der Waals surface area contributed by atoms with Crippen molar-refractivity contribution in [1.29, 1.82) is 0 Å². The molecule has 0 saturated heterocycles. The number of nitrogens with zero attached hydrogens (tertiary/aromatic N) is 2. The fraction of sp³-hybridized carbons (Fsp3) is 0.312. The van der Waals surface area contributed by atoms with Crippen LogP contribution in [0.2, 0.25) is 0 Å². The summed E-state index contributed by atoms with van der Waals surface area (Å²) in [6.45, 7) is 6.49. The van der Waals surface area contributed by atoms with Gasteiger partial charge in [-0.3, -0.25) is 9.59 Å². The van der Waals surface area contributed by atoms with Crippen molar-refractivity contribution in [2.45, 2.75) is 13.5 Å². The highest BCUT2D eigenvalue weighted by Crippen LogP contribution is 2.14. The lowest BCUT2D eigenvalue weighted by molar-refractivity contribution is -0.128. The van der Waals surface area contributed by atoms with E-state index in [0.717, 1.165) is 4.88 Å². The van der Waals surface area contributed by atoms with Gasteiger partial charge in [-0.1, -0.05) is 17.3 Å². The monoisotopic (exact) mass is 365 g/mol. The third-order valence-electron chi connectivity index (χ3n) is 2.98. The first kappa shape index (κ1) is 18.3. The van der Waals surface area contributed by atoms with E-state index in [4.69, 9.17) is 4.52 Å². The lowest BCUT2D eigenvalue weighted by Crippen LogP contribution is -2.32. The van der Waals surface area contributed by atoms with E-state index >= 15 is 0 Å². The van der Waals surface area contributed by atoms with Gasteiger partial charge in [-0.05, 0) is 18.4 Å².